The minimum Gasteiger partial charge on any atom is -0.383 e. The molecule has 4 heterocycles. The van der Waals surface area contributed by atoms with Gasteiger partial charge in [-0.25, -0.2) is 9.97 Å². The zero-order valence-corrected chi connectivity index (χ0v) is 17.1. The minimum absolute atomic E-state index is 0.0290. The van der Waals surface area contributed by atoms with E-state index in [1.54, 1.807) is 20.6 Å². The van der Waals surface area contributed by atoms with E-state index in [0.29, 0.717) is 34.2 Å². The molecule has 0 atom stereocenters. The van der Waals surface area contributed by atoms with E-state index in [9.17, 15) is 4.79 Å². The summed E-state index contributed by atoms with van der Waals surface area (Å²) in [7, 11) is 0. The maximum Gasteiger partial charge on any atom is 0.261 e. The van der Waals surface area contributed by atoms with E-state index in [1.165, 1.54) is 0 Å². The fourth-order valence-corrected chi connectivity index (χ4v) is 5.06. The second-order valence-corrected chi connectivity index (χ2v) is 8.61. The fourth-order valence-electron chi connectivity index (χ4n) is 4.13. The molecule has 148 valence electrons. The average molecular weight is 414 g/mol. The molecule has 1 aliphatic rings. The highest BCUT2D eigenvalue weighted by atomic mass is 32.1. The maximum atomic E-state index is 13.2. The third kappa shape index (κ3) is 2.43. The summed E-state index contributed by atoms with van der Waals surface area (Å²) >= 11 is 1.54. The Morgan fingerprint density at radius 2 is 1.97 bits per heavy atom. The van der Waals surface area contributed by atoms with Crippen molar-refractivity contribution in [2.45, 2.75) is 26.3 Å². The highest BCUT2D eigenvalue weighted by Gasteiger charge is 2.26. The molecule has 5 aromatic rings. The zero-order chi connectivity index (χ0) is 20.4. The summed E-state index contributed by atoms with van der Waals surface area (Å²) in [5.74, 6) is 1.06. The summed E-state index contributed by atoms with van der Waals surface area (Å²) in [5, 5.41) is 6.14. The Kier molecular flexibility index (Phi) is 3.61. The third-order valence-corrected chi connectivity index (χ3v) is 6.60. The first kappa shape index (κ1) is 17.3. The van der Waals surface area contributed by atoms with Crippen LogP contribution < -0.4 is 11.3 Å². The molecule has 0 fully saturated rings. The van der Waals surface area contributed by atoms with E-state index in [4.69, 9.17) is 20.8 Å². The lowest BCUT2D eigenvalue weighted by molar-refractivity contribution is 0.629. The number of fused-ring (bicyclic) bond motifs is 5. The van der Waals surface area contributed by atoms with Crippen molar-refractivity contribution in [3.8, 4) is 16.5 Å². The van der Waals surface area contributed by atoms with E-state index in [2.05, 4.69) is 0 Å². The van der Waals surface area contributed by atoms with Crippen LogP contribution in [0.2, 0.25) is 0 Å². The first-order chi connectivity index (χ1) is 14.6. The summed E-state index contributed by atoms with van der Waals surface area (Å²) in [4.78, 5) is 22.8. The van der Waals surface area contributed by atoms with Crippen LogP contribution in [-0.4, -0.2) is 24.3 Å². The van der Waals surface area contributed by atoms with Crippen LogP contribution in [0, 0.1) is 6.92 Å². The summed E-state index contributed by atoms with van der Waals surface area (Å²) in [6.45, 7) is 2.58. The fraction of sp³-hybridized carbons (Fsp3) is 0.182. The van der Waals surface area contributed by atoms with Gasteiger partial charge in [0.15, 0.2) is 0 Å². The Morgan fingerprint density at radius 1 is 1.10 bits per heavy atom. The molecule has 0 amide bonds. The van der Waals surface area contributed by atoms with E-state index in [-0.39, 0.29) is 5.56 Å². The van der Waals surface area contributed by atoms with E-state index in [0.717, 1.165) is 39.9 Å². The van der Waals surface area contributed by atoms with E-state index in [1.807, 2.05) is 49.4 Å². The zero-order valence-electron chi connectivity index (χ0n) is 16.3. The first-order valence-corrected chi connectivity index (χ1v) is 10.7. The Hall–Kier alpha value is -3.52. The van der Waals surface area contributed by atoms with Crippen LogP contribution in [0.1, 0.15) is 17.7 Å². The Labute approximate surface area is 175 Å². The van der Waals surface area contributed by atoms with Crippen LogP contribution in [-0.2, 0) is 13.0 Å². The summed E-state index contributed by atoms with van der Waals surface area (Å²) in [5.41, 5.74) is 10.8. The first-order valence-electron chi connectivity index (χ1n) is 9.85. The Balaban J connectivity index is 1.62. The number of aromatic nitrogens is 5. The monoisotopic (exact) mass is 414 g/mol. The van der Waals surface area contributed by atoms with Crippen molar-refractivity contribution in [2.24, 2.45) is 0 Å². The number of hydrogen-bond acceptors (Lipinski definition) is 6. The van der Waals surface area contributed by atoms with Crippen molar-refractivity contribution in [3.63, 3.8) is 0 Å². The van der Waals surface area contributed by atoms with Crippen LogP contribution in [0.15, 0.2) is 47.3 Å². The molecule has 0 saturated carbocycles. The lowest BCUT2D eigenvalue weighted by Gasteiger charge is -2.11. The van der Waals surface area contributed by atoms with Gasteiger partial charge in [-0.1, -0.05) is 35.1 Å². The summed E-state index contributed by atoms with van der Waals surface area (Å²) in [6.07, 6.45) is 1.53. The number of nitrogens with two attached hydrogens (primary N) is 1. The lowest BCUT2D eigenvalue weighted by atomic mass is 10.1. The normalized spacial score (nSPS) is 13.4. The number of nitrogens with zero attached hydrogens (tertiary/aromatic N) is 5. The number of aryl methyl sites for hydroxylation is 2. The number of anilines is 1. The Morgan fingerprint density at radius 3 is 2.83 bits per heavy atom. The van der Waals surface area contributed by atoms with E-state index >= 15 is 0 Å². The number of thiazole rings is 1. The molecule has 2 aromatic carbocycles. The molecular formula is C22H18N6OS. The SMILES string of the molecule is Cc1ccc2nc3n(c(=O)c2c1)CCCc1nn(-c2nc4ccccc4s2)c(N)c1-3. The average Bonchev–Trinajstić information content (AvgIpc) is 3.25. The van der Waals surface area contributed by atoms with Crippen LogP contribution >= 0.6 is 11.3 Å². The van der Waals surface area contributed by atoms with Gasteiger partial charge in [0.25, 0.3) is 5.56 Å². The van der Waals surface area contributed by atoms with Crippen molar-refractivity contribution in [2.75, 3.05) is 5.73 Å². The molecular weight excluding hydrogens is 396 g/mol. The van der Waals surface area contributed by atoms with Crippen LogP contribution in [0.25, 0.3) is 37.6 Å². The minimum atomic E-state index is -0.0290. The standard InChI is InChI=1S/C22H18N6OS/c1-12-8-9-14-13(11-12)21(29)27-10-4-6-16-18(20(27)24-14)19(23)28(26-16)22-25-15-5-2-3-7-17(15)30-22/h2-3,5,7-9,11H,4,6,10,23H2,1H3. The molecule has 0 saturated heterocycles. The van der Waals surface area contributed by atoms with Gasteiger partial charge >= 0.3 is 0 Å². The predicted molar refractivity (Wildman–Crippen MR) is 119 cm³/mol. The highest BCUT2D eigenvalue weighted by Crippen LogP contribution is 2.35. The quantitative estimate of drug-likeness (QED) is 0.452. The topological polar surface area (TPSA) is 91.6 Å². The van der Waals surface area contributed by atoms with Gasteiger partial charge in [-0.2, -0.15) is 9.78 Å². The molecule has 3 aromatic heterocycles. The number of hydrogen-bond donors (Lipinski definition) is 1. The summed E-state index contributed by atoms with van der Waals surface area (Å²) in [6, 6.07) is 13.7. The van der Waals surface area contributed by atoms with Gasteiger partial charge in [0.05, 0.1) is 32.4 Å². The van der Waals surface area contributed by atoms with Crippen molar-refractivity contribution in [3.05, 3.63) is 64.1 Å². The molecule has 2 N–H and O–H groups in total. The van der Waals surface area contributed by atoms with Gasteiger partial charge in [-0.05, 0) is 44.0 Å². The molecule has 0 bridgehead atoms. The second-order valence-electron chi connectivity index (χ2n) is 7.60. The highest BCUT2D eigenvalue weighted by molar-refractivity contribution is 7.20. The molecule has 0 unspecified atom stereocenters. The van der Waals surface area contributed by atoms with Crippen molar-refractivity contribution in [1.82, 2.24) is 24.3 Å². The van der Waals surface area contributed by atoms with Gasteiger partial charge < -0.3 is 5.73 Å². The predicted octanol–water partition coefficient (Wildman–Crippen LogP) is 3.70. The van der Waals surface area contributed by atoms with Crippen LogP contribution in [0.4, 0.5) is 5.82 Å². The van der Waals surface area contributed by atoms with Crippen LogP contribution in [0.3, 0.4) is 0 Å². The molecule has 1 aliphatic heterocycles. The van der Waals surface area contributed by atoms with Gasteiger partial charge in [0.2, 0.25) is 5.13 Å². The van der Waals surface area contributed by atoms with Crippen molar-refractivity contribution < 1.29 is 0 Å². The molecule has 0 radical (unpaired) electrons. The number of nitrogen functional groups attached to an aromatic ring is 1. The van der Waals surface area contributed by atoms with Crippen molar-refractivity contribution >= 4 is 38.3 Å². The third-order valence-electron chi connectivity index (χ3n) is 5.59. The summed E-state index contributed by atoms with van der Waals surface area (Å²) < 4.78 is 4.51. The number of rotatable bonds is 1. The maximum absolute atomic E-state index is 13.2. The van der Waals surface area contributed by atoms with E-state index < -0.39 is 0 Å². The molecule has 6 rings (SSSR count). The molecule has 7 nitrogen and oxygen atoms in total. The largest absolute Gasteiger partial charge is 0.383 e. The van der Waals surface area contributed by atoms with Crippen LogP contribution in [0.5, 0.6) is 0 Å². The number of benzene rings is 2. The Bertz CT molecular complexity index is 1490. The molecule has 0 spiro atoms. The smallest absolute Gasteiger partial charge is 0.261 e. The molecule has 0 aliphatic carbocycles. The molecule has 8 heteroatoms. The molecule has 30 heavy (non-hydrogen) atoms. The van der Waals surface area contributed by atoms with Gasteiger partial charge in [0.1, 0.15) is 11.6 Å². The number of para-hydroxylation sites is 1. The second kappa shape index (κ2) is 6.24. The van der Waals surface area contributed by atoms with Gasteiger partial charge in [-0.15, -0.1) is 0 Å². The van der Waals surface area contributed by atoms with Gasteiger partial charge in [-0.3, -0.25) is 9.36 Å². The van der Waals surface area contributed by atoms with Gasteiger partial charge in [0, 0.05) is 6.54 Å². The lowest BCUT2D eigenvalue weighted by Crippen LogP contribution is -2.23. The van der Waals surface area contributed by atoms with Crippen molar-refractivity contribution in [1.29, 1.82) is 0 Å².